The van der Waals surface area contributed by atoms with Crippen molar-refractivity contribution >= 4 is 10.9 Å². The number of ether oxygens (including phenoxy) is 1. The lowest BCUT2D eigenvalue weighted by Crippen LogP contribution is -3.11. The van der Waals surface area contributed by atoms with Crippen LogP contribution in [0.2, 0.25) is 0 Å². The van der Waals surface area contributed by atoms with Gasteiger partial charge in [0.05, 0.1) is 37.5 Å². The number of nitrogens with zero attached hydrogens (tertiary/aromatic N) is 2. The van der Waals surface area contributed by atoms with Gasteiger partial charge in [-0.2, -0.15) is 5.10 Å². The van der Waals surface area contributed by atoms with Gasteiger partial charge in [-0.25, -0.2) is 0 Å². The van der Waals surface area contributed by atoms with Gasteiger partial charge < -0.3 is 9.64 Å². The predicted molar refractivity (Wildman–Crippen MR) is 73.2 cm³/mol. The Morgan fingerprint density at radius 2 is 2.21 bits per heavy atom. The standard InChI is InChI=1S/C15H19N3O/c1-17(11-6-7-11)10-14-15-12-4-2-3-5-13(12)16-18(15)8-9-19-14/h2-5,11,14H,6-10H2,1H3/p+1. The molecule has 1 aliphatic carbocycles. The lowest BCUT2D eigenvalue weighted by atomic mass is 10.1. The highest BCUT2D eigenvalue weighted by atomic mass is 16.5. The Labute approximate surface area is 113 Å². The van der Waals surface area contributed by atoms with Gasteiger partial charge in [0, 0.05) is 18.2 Å². The number of hydrogen-bond donors (Lipinski definition) is 1. The highest BCUT2D eigenvalue weighted by Crippen LogP contribution is 2.29. The molecule has 0 radical (unpaired) electrons. The molecule has 1 N–H and O–H groups in total. The molecule has 0 bridgehead atoms. The molecule has 2 heterocycles. The monoisotopic (exact) mass is 258 g/mol. The Morgan fingerprint density at radius 3 is 3.05 bits per heavy atom. The van der Waals surface area contributed by atoms with Crippen LogP contribution in [-0.4, -0.2) is 36.0 Å². The number of quaternary nitrogens is 1. The molecule has 0 saturated heterocycles. The van der Waals surface area contributed by atoms with E-state index in [2.05, 4.69) is 36.0 Å². The molecule has 1 saturated carbocycles. The van der Waals surface area contributed by atoms with Crippen molar-refractivity contribution in [2.45, 2.75) is 31.5 Å². The van der Waals surface area contributed by atoms with E-state index in [1.807, 2.05) is 0 Å². The molecule has 0 spiro atoms. The fourth-order valence-electron chi connectivity index (χ4n) is 3.16. The Hall–Kier alpha value is -1.39. The summed E-state index contributed by atoms with van der Waals surface area (Å²) < 4.78 is 8.19. The molecule has 2 unspecified atom stereocenters. The van der Waals surface area contributed by atoms with E-state index in [4.69, 9.17) is 9.84 Å². The second kappa shape index (κ2) is 4.32. The van der Waals surface area contributed by atoms with Crippen molar-refractivity contribution in [3.8, 4) is 0 Å². The quantitative estimate of drug-likeness (QED) is 0.882. The van der Waals surface area contributed by atoms with Crippen LogP contribution < -0.4 is 4.90 Å². The summed E-state index contributed by atoms with van der Waals surface area (Å²) in [4.78, 5) is 1.60. The smallest absolute Gasteiger partial charge is 0.148 e. The van der Waals surface area contributed by atoms with Crippen LogP contribution in [-0.2, 0) is 11.3 Å². The molecule has 2 atom stereocenters. The molecule has 4 rings (SSSR count). The van der Waals surface area contributed by atoms with Crippen LogP contribution in [0.4, 0.5) is 0 Å². The summed E-state index contributed by atoms with van der Waals surface area (Å²) in [5, 5.41) is 5.96. The minimum atomic E-state index is 0.196. The Kier molecular flexibility index (Phi) is 2.60. The SMILES string of the molecule is C[NH+](CC1OCCn2nc3ccccc3c21)C1CC1. The fraction of sp³-hybridized carbons (Fsp3) is 0.533. The summed E-state index contributed by atoms with van der Waals surface area (Å²) in [6, 6.07) is 9.26. The van der Waals surface area contributed by atoms with Gasteiger partial charge in [-0.15, -0.1) is 0 Å². The molecule has 19 heavy (non-hydrogen) atoms. The molecule has 1 aliphatic heterocycles. The van der Waals surface area contributed by atoms with E-state index in [1.165, 1.54) is 23.9 Å². The first-order chi connectivity index (χ1) is 9.33. The van der Waals surface area contributed by atoms with Gasteiger partial charge in [-0.3, -0.25) is 4.68 Å². The van der Waals surface area contributed by atoms with Crippen molar-refractivity contribution in [1.82, 2.24) is 9.78 Å². The van der Waals surface area contributed by atoms with Gasteiger partial charge >= 0.3 is 0 Å². The molecular weight excluding hydrogens is 238 g/mol. The first-order valence-corrected chi connectivity index (χ1v) is 7.22. The molecule has 4 nitrogen and oxygen atoms in total. The van der Waals surface area contributed by atoms with Crippen molar-refractivity contribution < 1.29 is 9.64 Å². The number of benzene rings is 1. The van der Waals surface area contributed by atoms with Crippen LogP contribution in [0, 0.1) is 0 Å². The second-order valence-corrected chi connectivity index (χ2v) is 5.81. The van der Waals surface area contributed by atoms with E-state index < -0.39 is 0 Å². The van der Waals surface area contributed by atoms with E-state index in [1.54, 1.807) is 4.90 Å². The van der Waals surface area contributed by atoms with E-state index >= 15 is 0 Å². The highest BCUT2D eigenvalue weighted by Gasteiger charge is 2.35. The maximum atomic E-state index is 6.04. The average Bonchev–Trinajstić information content (AvgIpc) is 3.19. The molecule has 1 aromatic carbocycles. The summed E-state index contributed by atoms with van der Waals surface area (Å²) in [5.41, 5.74) is 2.37. The van der Waals surface area contributed by atoms with Crippen molar-refractivity contribution in [2.75, 3.05) is 20.2 Å². The van der Waals surface area contributed by atoms with Crippen LogP contribution in [0.25, 0.3) is 10.9 Å². The average molecular weight is 258 g/mol. The van der Waals surface area contributed by atoms with Gasteiger partial charge in [0.1, 0.15) is 12.6 Å². The van der Waals surface area contributed by atoms with Gasteiger partial charge in [0.2, 0.25) is 0 Å². The maximum absolute atomic E-state index is 6.04. The molecule has 100 valence electrons. The van der Waals surface area contributed by atoms with Gasteiger partial charge in [0.25, 0.3) is 0 Å². The Morgan fingerprint density at radius 1 is 1.37 bits per heavy atom. The third-order valence-corrected chi connectivity index (χ3v) is 4.40. The topological polar surface area (TPSA) is 31.5 Å². The molecule has 1 aromatic heterocycles. The minimum absolute atomic E-state index is 0.196. The molecule has 2 aliphatic rings. The largest absolute Gasteiger partial charge is 0.364 e. The van der Waals surface area contributed by atoms with Crippen LogP contribution in [0.15, 0.2) is 24.3 Å². The minimum Gasteiger partial charge on any atom is -0.364 e. The molecule has 0 amide bonds. The number of nitrogens with one attached hydrogen (secondary N) is 1. The molecule has 4 heteroatoms. The van der Waals surface area contributed by atoms with Crippen molar-refractivity contribution in [1.29, 1.82) is 0 Å². The number of likely N-dealkylation sites (N-methyl/N-ethyl adjacent to an activating group) is 1. The summed E-state index contributed by atoms with van der Waals surface area (Å²) in [6.45, 7) is 2.72. The molecule has 1 fully saturated rings. The summed E-state index contributed by atoms with van der Waals surface area (Å²) in [6.07, 6.45) is 2.94. The Balaban J connectivity index is 1.71. The second-order valence-electron chi connectivity index (χ2n) is 5.81. The first kappa shape index (κ1) is 11.4. The van der Waals surface area contributed by atoms with E-state index in [0.29, 0.717) is 0 Å². The zero-order chi connectivity index (χ0) is 12.8. The van der Waals surface area contributed by atoms with E-state index in [-0.39, 0.29) is 6.10 Å². The van der Waals surface area contributed by atoms with Crippen molar-refractivity contribution in [3.63, 3.8) is 0 Å². The molecule has 2 aromatic rings. The normalized spacial score (nSPS) is 24.4. The number of fused-ring (bicyclic) bond motifs is 3. The lowest BCUT2D eigenvalue weighted by molar-refractivity contribution is -0.895. The summed E-state index contributed by atoms with van der Waals surface area (Å²) in [5.74, 6) is 0. The van der Waals surface area contributed by atoms with Crippen LogP contribution in [0.1, 0.15) is 24.6 Å². The summed E-state index contributed by atoms with van der Waals surface area (Å²) in [7, 11) is 2.29. The Bertz CT molecular complexity index is 602. The number of aromatic nitrogens is 2. The fourth-order valence-corrected chi connectivity index (χ4v) is 3.16. The third-order valence-electron chi connectivity index (χ3n) is 4.40. The van der Waals surface area contributed by atoms with Gasteiger partial charge in [-0.1, -0.05) is 18.2 Å². The van der Waals surface area contributed by atoms with Crippen molar-refractivity contribution in [2.24, 2.45) is 0 Å². The molecular formula is C15H20N3O+. The van der Waals surface area contributed by atoms with E-state index in [0.717, 1.165) is 31.3 Å². The van der Waals surface area contributed by atoms with E-state index in [9.17, 15) is 0 Å². The number of hydrogen-bond acceptors (Lipinski definition) is 2. The zero-order valence-corrected chi connectivity index (χ0v) is 11.3. The van der Waals surface area contributed by atoms with Gasteiger partial charge in [0.15, 0.2) is 0 Å². The summed E-state index contributed by atoms with van der Waals surface area (Å²) >= 11 is 0. The maximum Gasteiger partial charge on any atom is 0.148 e. The van der Waals surface area contributed by atoms with Crippen molar-refractivity contribution in [3.05, 3.63) is 30.0 Å². The third kappa shape index (κ3) is 1.95. The van der Waals surface area contributed by atoms with Crippen LogP contribution >= 0.6 is 0 Å². The van der Waals surface area contributed by atoms with Crippen LogP contribution in [0.3, 0.4) is 0 Å². The van der Waals surface area contributed by atoms with Crippen LogP contribution in [0.5, 0.6) is 0 Å². The van der Waals surface area contributed by atoms with Gasteiger partial charge in [-0.05, 0) is 6.07 Å². The predicted octanol–water partition coefficient (Wildman–Crippen LogP) is 0.785. The lowest BCUT2D eigenvalue weighted by Gasteiger charge is -2.26. The highest BCUT2D eigenvalue weighted by molar-refractivity contribution is 5.81. The number of rotatable bonds is 3. The zero-order valence-electron chi connectivity index (χ0n) is 11.3. The first-order valence-electron chi connectivity index (χ1n) is 7.22.